The van der Waals surface area contributed by atoms with E-state index in [-0.39, 0.29) is 6.03 Å². The number of hydrogen-bond acceptors (Lipinski definition) is 3. The van der Waals surface area contributed by atoms with E-state index >= 15 is 0 Å². The topological polar surface area (TPSA) is 38.8 Å². The van der Waals surface area contributed by atoms with Crippen LogP contribution in [0.4, 0.5) is 21.9 Å². The van der Waals surface area contributed by atoms with Crippen LogP contribution >= 0.6 is 0 Å². The van der Waals surface area contributed by atoms with Gasteiger partial charge in [0, 0.05) is 57.3 Å². The molecule has 1 aliphatic heterocycles. The lowest BCUT2D eigenvalue weighted by atomic mass is 10.1. The Morgan fingerprint density at radius 1 is 0.962 bits per heavy atom. The molecule has 1 N–H and O–H groups in total. The van der Waals surface area contributed by atoms with Crippen LogP contribution in [0.25, 0.3) is 0 Å². The van der Waals surface area contributed by atoms with Gasteiger partial charge in [-0.3, -0.25) is 0 Å². The average molecular weight is 352 g/mol. The number of urea groups is 1. The van der Waals surface area contributed by atoms with Crippen LogP contribution in [-0.4, -0.2) is 51.2 Å². The Labute approximate surface area is 156 Å². The maximum Gasteiger partial charge on any atom is 0.321 e. The van der Waals surface area contributed by atoms with Crippen molar-refractivity contribution in [3.63, 3.8) is 0 Å². The number of benzene rings is 2. The number of piperazine rings is 1. The molecule has 26 heavy (non-hydrogen) atoms. The van der Waals surface area contributed by atoms with E-state index in [4.69, 9.17) is 0 Å². The van der Waals surface area contributed by atoms with E-state index in [2.05, 4.69) is 42.3 Å². The fourth-order valence-corrected chi connectivity index (χ4v) is 3.36. The Bertz CT molecular complexity index is 762. The van der Waals surface area contributed by atoms with Gasteiger partial charge in [-0.05, 0) is 49.7 Å². The molecule has 0 atom stereocenters. The van der Waals surface area contributed by atoms with E-state index < -0.39 is 0 Å². The van der Waals surface area contributed by atoms with E-state index in [9.17, 15) is 4.79 Å². The van der Waals surface area contributed by atoms with Crippen molar-refractivity contribution in [2.24, 2.45) is 0 Å². The minimum absolute atomic E-state index is 0.0251. The first kappa shape index (κ1) is 18.1. The highest BCUT2D eigenvalue weighted by Crippen LogP contribution is 2.23. The zero-order valence-electron chi connectivity index (χ0n) is 16.1. The predicted molar refractivity (Wildman–Crippen MR) is 109 cm³/mol. The van der Waals surface area contributed by atoms with Crippen molar-refractivity contribution >= 4 is 23.1 Å². The third-order valence-corrected chi connectivity index (χ3v) is 4.89. The van der Waals surface area contributed by atoms with Crippen molar-refractivity contribution in [2.75, 3.05) is 55.4 Å². The SMILES string of the molecule is Cc1ccc(N2CCN(C(=O)Nc3ccc(N(C)C)cc3)CC2)c(C)c1. The van der Waals surface area contributed by atoms with Gasteiger partial charge in [-0.15, -0.1) is 0 Å². The minimum Gasteiger partial charge on any atom is -0.378 e. The normalized spacial score (nSPS) is 14.3. The first-order valence-electron chi connectivity index (χ1n) is 9.09. The van der Waals surface area contributed by atoms with Crippen molar-refractivity contribution in [1.82, 2.24) is 4.90 Å². The average Bonchev–Trinajstić information content (AvgIpc) is 2.62. The third kappa shape index (κ3) is 4.10. The number of hydrogen-bond donors (Lipinski definition) is 1. The summed E-state index contributed by atoms with van der Waals surface area (Å²) in [6, 6.07) is 14.4. The number of nitrogens with one attached hydrogen (secondary N) is 1. The predicted octanol–water partition coefficient (Wildman–Crippen LogP) is 3.72. The van der Waals surface area contributed by atoms with Crippen LogP contribution in [0.2, 0.25) is 0 Å². The maximum atomic E-state index is 12.5. The second-order valence-electron chi connectivity index (χ2n) is 7.14. The largest absolute Gasteiger partial charge is 0.378 e. The monoisotopic (exact) mass is 352 g/mol. The Balaban J connectivity index is 1.56. The van der Waals surface area contributed by atoms with Crippen LogP contribution in [0.5, 0.6) is 0 Å². The number of rotatable bonds is 3. The summed E-state index contributed by atoms with van der Waals surface area (Å²) in [6.07, 6.45) is 0. The van der Waals surface area contributed by atoms with Crippen molar-refractivity contribution in [3.05, 3.63) is 53.6 Å². The van der Waals surface area contributed by atoms with Crippen molar-refractivity contribution in [3.8, 4) is 0 Å². The summed E-state index contributed by atoms with van der Waals surface area (Å²) in [6.45, 7) is 7.45. The van der Waals surface area contributed by atoms with Crippen LogP contribution in [-0.2, 0) is 0 Å². The first-order valence-corrected chi connectivity index (χ1v) is 9.09. The molecule has 1 heterocycles. The van der Waals surface area contributed by atoms with E-state index in [1.807, 2.05) is 48.2 Å². The molecule has 0 radical (unpaired) electrons. The molecule has 2 aromatic carbocycles. The van der Waals surface area contributed by atoms with Gasteiger partial charge in [0.1, 0.15) is 0 Å². The van der Waals surface area contributed by atoms with Crippen LogP contribution in [0.3, 0.4) is 0 Å². The zero-order chi connectivity index (χ0) is 18.7. The fourth-order valence-electron chi connectivity index (χ4n) is 3.36. The molecule has 138 valence electrons. The summed E-state index contributed by atoms with van der Waals surface area (Å²) in [5.74, 6) is 0. The highest BCUT2D eigenvalue weighted by molar-refractivity contribution is 5.89. The number of aryl methyl sites for hydroxylation is 2. The zero-order valence-corrected chi connectivity index (χ0v) is 16.1. The van der Waals surface area contributed by atoms with E-state index in [1.165, 1.54) is 16.8 Å². The lowest BCUT2D eigenvalue weighted by Gasteiger charge is -2.36. The number of carbonyl (C=O) groups is 1. The van der Waals surface area contributed by atoms with Crippen LogP contribution in [0.1, 0.15) is 11.1 Å². The van der Waals surface area contributed by atoms with Gasteiger partial charge in [-0.2, -0.15) is 0 Å². The highest BCUT2D eigenvalue weighted by atomic mass is 16.2. The molecule has 0 unspecified atom stereocenters. The number of anilines is 3. The van der Waals surface area contributed by atoms with E-state index in [0.717, 1.165) is 37.6 Å². The van der Waals surface area contributed by atoms with Crippen LogP contribution in [0, 0.1) is 13.8 Å². The van der Waals surface area contributed by atoms with Crippen LogP contribution in [0.15, 0.2) is 42.5 Å². The van der Waals surface area contributed by atoms with Crippen LogP contribution < -0.4 is 15.1 Å². The molecule has 0 spiro atoms. The van der Waals surface area contributed by atoms with Gasteiger partial charge in [0.25, 0.3) is 0 Å². The molecular weight excluding hydrogens is 324 g/mol. The van der Waals surface area contributed by atoms with Crippen molar-refractivity contribution in [2.45, 2.75) is 13.8 Å². The number of carbonyl (C=O) groups excluding carboxylic acids is 1. The Kier molecular flexibility index (Phi) is 5.35. The molecule has 0 aliphatic carbocycles. The van der Waals surface area contributed by atoms with E-state index in [0.29, 0.717) is 0 Å². The Hall–Kier alpha value is -2.69. The maximum absolute atomic E-state index is 12.5. The molecule has 1 fully saturated rings. The smallest absolute Gasteiger partial charge is 0.321 e. The molecule has 1 saturated heterocycles. The Morgan fingerprint density at radius 2 is 1.62 bits per heavy atom. The summed E-state index contributed by atoms with van der Waals surface area (Å²) in [4.78, 5) is 18.8. The van der Waals surface area contributed by atoms with Gasteiger partial charge in [-0.25, -0.2) is 4.79 Å². The third-order valence-electron chi connectivity index (χ3n) is 4.89. The molecule has 0 bridgehead atoms. The molecule has 0 aromatic heterocycles. The summed E-state index contributed by atoms with van der Waals surface area (Å²) in [7, 11) is 4.01. The number of amides is 2. The second kappa shape index (κ2) is 7.68. The van der Waals surface area contributed by atoms with Gasteiger partial charge in [0.05, 0.1) is 0 Å². The lowest BCUT2D eigenvalue weighted by Crippen LogP contribution is -2.50. The Morgan fingerprint density at radius 3 is 2.19 bits per heavy atom. The standard InChI is InChI=1S/C21H28N4O/c1-16-5-10-20(17(2)15-16)24-11-13-25(14-12-24)21(26)22-18-6-8-19(9-7-18)23(3)4/h5-10,15H,11-14H2,1-4H3,(H,22,26). The summed E-state index contributed by atoms with van der Waals surface area (Å²) in [5.41, 5.74) is 5.80. The fraction of sp³-hybridized carbons (Fsp3) is 0.381. The van der Waals surface area contributed by atoms with Crippen molar-refractivity contribution < 1.29 is 4.79 Å². The highest BCUT2D eigenvalue weighted by Gasteiger charge is 2.22. The molecule has 5 nitrogen and oxygen atoms in total. The number of nitrogens with zero attached hydrogens (tertiary/aromatic N) is 3. The molecule has 1 aliphatic rings. The second-order valence-corrected chi connectivity index (χ2v) is 7.14. The van der Waals surface area contributed by atoms with Gasteiger partial charge in [0.2, 0.25) is 0 Å². The first-order chi connectivity index (χ1) is 12.4. The molecule has 2 amide bonds. The summed E-state index contributed by atoms with van der Waals surface area (Å²) in [5, 5.41) is 3.00. The molecule has 5 heteroatoms. The lowest BCUT2D eigenvalue weighted by molar-refractivity contribution is 0.208. The van der Waals surface area contributed by atoms with Gasteiger partial charge >= 0.3 is 6.03 Å². The molecular formula is C21H28N4O. The quantitative estimate of drug-likeness (QED) is 0.915. The van der Waals surface area contributed by atoms with Gasteiger partial charge in [0.15, 0.2) is 0 Å². The molecule has 2 aromatic rings. The molecule has 0 saturated carbocycles. The summed E-state index contributed by atoms with van der Waals surface area (Å²) < 4.78 is 0. The summed E-state index contributed by atoms with van der Waals surface area (Å²) >= 11 is 0. The van der Waals surface area contributed by atoms with Gasteiger partial charge in [-0.1, -0.05) is 17.7 Å². The van der Waals surface area contributed by atoms with Gasteiger partial charge < -0.3 is 20.0 Å². The van der Waals surface area contributed by atoms with Crippen molar-refractivity contribution in [1.29, 1.82) is 0 Å². The minimum atomic E-state index is -0.0251. The van der Waals surface area contributed by atoms with E-state index in [1.54, 1.807) is 0 Å². The molecule has 3 rings (SSSR count).